The molecule has 0 saturated carbocycles. The molecule has 3 nitrogen and oxygen atoms in total. The number of halogens is 1. The van der Waals surface area contributed by atoms with Gasteiger partial charge in [0.15, 0.2) is 5.69 Å². The van der Waals surface area contributed by atoms with Gasteiger partial charge >= 0.3 is 5.97 Å². The number of nitrogens with zero attached hydrogens (tertiary/aromatic N) is 1. The van der Waals surface area contributed by atoms with Gasteiger partial charge in [0.25, 0.3) is 0 Å². The van der Waals surface area contributed by atoms with Crippen molar-refractivity contribution in [1.29, 1.82) is 0 Å². The van der Waals surface area contributed by atoms with Gasteiger partial charge in [0.1, 0.15) is 0 Å². The van der Waals surface area contributed by atoms with E-state index in [0.717, 1.165) is 11.1 Å². The van der Waals surface area contributed by atoms with Crippen LogP contribution in [0.4, 0.5) is 0 Å². The molecule has 0 aliphatic heterocycles. The van der Waals surface area contributed by atoms with Crippen molar-refractivity contribution in [3.63, 3.8) is 0 Å². The number of aryl methyl sites for hydroxylation is 1. The Morgan fingerprint density at radius 2 is 2.12 bits per heavy atom. The van der Waals surface area contributed by atoms with Crippen LogP contribution < -0.4 is 0 Å². The summed E-state index contributed by atoms with van der Waals surface area (Å²) in [7, 11) is 0. The van der Waals surface area contributed by atoms with Gasteiger partial charge < -0.3 is 5.11 Å². The maximum atomic E-state index is 11.1. The Hall–Kier alpha value is -1.87. The quantitative estimate of drug-likeness (QED) is 0.885. The molecule has 0 amide bonds. The molecule has 2 rings (SSSR count). The number of aromatic nitrogens is 1. The number of hydrogen-bond donors (Lipinski definition) is 1. The Bertz CT molecular complexity index is 561. The standard InChI is InChI=1S/C13H10ClNO2/c1-8-5-9(7-10(14)6-8)11-3-2-4-15-12(11)13(16)17/h2-7H,1H3,(H,16,17). The van der Waals surface area contributed by atoms with Gasteiger partial charge in [-0.1, -0.05) is 23.7 Å². The van der Waals surface area contributed by atoms with E-state index in [1.54, 1.807) is 18.2 Å². The van der Waals surface area contributed by atoms with Gasteiger partial charge in [-0.25, -0.2) is 9.78 Å². The zero-order valence-corrected chi connectivity index (χ0v) is 9.90. The van der Waals surface area contributed by atoms with E-state index in [4.69, 9.17) is 16.7 Å². The summed E-state index contributed by atoms with van der Waals surface area (Å²) in [5.74, 6) is -1.04. The highest BCUT2D eigenvalue weighted by molar-refractivity contribution is 6.31. The van der Waals surface area contributed by atoms with Gasteiger partial charge in [-0.3, -0.25) is 0 Å². The molecule has 17 heavy (non-hydrogen) atoms. The van der Waals surface area contributed by atoms with Crippen LogP contribution in [-0.2, 0) is 0 Å². The van der Waals surface area contributed by atoms with Crippen LogP contribution in [0, 0.1) is 6.92 Å². The SMILES string of the molecule is Cc1cc(Cl)cc(-c2cccnc2C(=O)O)c1. The Labute approximate surface area is 104 Å². The normalized spacial score (nSPS) is 10.2. The van der Waals surface area contributed by atoms with E-state index in [2.05, 4.69) is 4.98 Å². The fourth-order valence-electron chi connectivity index (χ4n) is 1.70. The molecule has 86 valence electrons. The van der Waals surface area contributed by atoms with Gasteiger partial charge in [0.2, 0.25) is 0 Å². The molecule has 4 heteroatoms. The topological polar surface area (TPSA) is 50.2 Å². The van der Waals surface area contributed by atoms with Gasteiger partial charge in [-0.15, -0.1) is 0 Å². The summed E-state index contributed by atoms with van der Waals surface area (Å²) in [5, 5.41) is 9.65. The van der Waals surface area contributed by atoms with Crippen molar-refractivity contribution in [3.05, 3.63) is 52.8 Å². The lowest BCUT2D eigenvalue weighted by molar-refractivity contribution is 0.0691. The maximum absolute atomic E-state index is 11.1. The Kier molecular flexibility index (Phi) is 3.11. The highest BCUT2D eigenvalue weighted by Crippen LogP contribution is 2.26. The molecular formula is C13H10ClNO2. The van der Waals surface area contributed by atoms with Crippen LogP contribution in [0.15, 0.2) is 36.5 Å². The molecule has 1 aromatic heterocycles. The van der Waals surface area contributed by atoms with Gasteiger partial charge in [-0.05, 0) is 36.2 Å². The van der Waals surface area contributed by atoms with Gasteiger partial charge in [0.05, 0.1) is 0 Å². The molecule has 0 aliphatic rings. The average molecular weight is 248 g/mol. The van der Waals surface area contributed by atoms with Crippen molar-refractivity contribution in [2.75, 3.05) is 0 Å². The second-order valence-electron chi connectivity index (χ2n) is 3.72. The molecule has 0 saturated heterocycles. The minimum atomic E-state index is -1.04. The summed E-state index contributed by atoms with van der Waals surface area (Å²) in [6, 6.07) is 8.87. The van der Waals surface area contributed by atoms with Gasteiger partial charge in [-0.2, -0.15) is 0 Å². The van der Waals surface area contributed by atoms with Crippen LogP contribution in [0.25, 0.3) is 11.1 Å². The predicted octanol–water partition coefficient (Wildman–Crippen LogP) is 3.41. The molecule has 1 aromatic carbocycles. The van der Waals surface area contributed by atoms with Crippen LogP contribution in [-0.4, -0.2) is 16.1 Å². The summed E-state index contributed by atoms with van der Waals surface area (Å²) in [5.41, 5.74) is 2.35. The molecular weight excluding hydrogens is 238 g/mol. The molecule has 1 N–H and O–H groups in total. The van der Waals surface area contributed by atoms with E-state index in [-0.39, 0.29) is 5.69 Å². The summed E-state index contributed by atoms with van der Waals surface area (Å²) in [6.45, 7) is 1.91. The molecule has 0 unspecified atom stereocenters. The first kappa shape index (κ1) is 11.6. The minimum absolute atomic E-state index is 0.0363. The van der Waals surface area contributed by atoms with Crippen LogP contribution in [0.2, 0.25) is 5.02 Å². The zero-order valence-electron chi connectivity index (χ0n) is 9.14. The highest BCUT2D eigenvalue weighted by Gasteiger charge is 2.13. The molecule has 0 bridgehead atoms. The lowest BCUT2D eigenvalue weighted by Gasteiger charge is -2.06. The fourth-order valence-corrected chi connectivity index (χ4v) is 1.99. The van der Waals surface area contributed by atoms with Crippen molar-refractivity contribution in [3.8, 4) is 11.1 Å². The predicted molar refractivity (Wildman–Crippen MR) is 66.4 cm³/mol. The number of hydrogen-bond acceptors (Lipinski definition) is 2. The molecule has 0 spiro atoms. The second kappa shape index (κ2) is 4.55. The smallest absolute Gasteiger partial charge is 0.355 e. The molecule has 0 fully saturated rings. The molecule has 2 aromatic rings. The summed E-state index contributed by atoms with van der Waals surface area (Å²) < 4.78 is 0. The van der Waals surface area contributed by atoms with Crippen LogP contribution in [0.5, 0.6) is 0 Å². The molecule has 0 atom stereocenters. The summed E-state index contributed by atoms with van der Waals surface area (Å²) in [4.78, 5) is 14.9. The van der Waals surface area contributed by atoms with Crippen LogP contribution in [0.3, 0.4) is 0 Å². The number of aromatic carboxylic acids is 1. The first-order valence-corrected chi connectivity index (χ1v) is 5.41. The van der Waals surface area contributed by atoms with Crippen molar-refractivity contribution >= 4 is 17.6 Å². The van der Waals surface area contributed by atoms with Crippen molar-refractivity contribution in [1.82, 2.24) is 4.98 Å². The maximum Gasteiger partial charge on any atom is 0.355 e. The Morgan fingerprint density at radius 3 is 2.76 bits per heavy atom. The van der Waals surface area contributed by atoms with Crippen LogP contribution >= 0.6 is 11.6 Å². The Balaban J connectivity index is 2.64. The van der Waals surface area contributed by atoms with E-state index in [0.29, 0.717) is 10.6 Å². The zero-order chi connectivity index (χ0) is 12.4. The monoisotopic (exact) mass is 247 g/mol. The minimum Gasteiger partial charge on any atom is -0.476 e. The Morgan fingerprint density at radius 1 is 1.35 bits per heavy atom. The third kappa shape index (κ3) is 2.45. The van der Waals surface area contributed by atoms with Crippen LogP contribution in [0.1, 0.15) is 16.1 Å². The first-order chi connectivity index (χ1) is 8.08. The molecule has 0 radical (unpaired) electrons. The van der Waals surface area contributed by atoms with Gasteiger partial charge in [0, 0.05) is 16.8 Å². The number of rotatable bonds is 2. The van der Waals surface area contributed by atoms with E-state index in [9.17, 15) is 4.79 Å². The second-order valence-corrected chi connectivity index (χ2v) is 4.16. The number of benzene rings is 1. The third-order valence-corrected chi connectivity index (χ3v) is 2.58. The van der Waals surface area contributed by atoms with Crippen molar-refractivity contribution in [2.45, 2.75) is 6.92 Å². The van der Waals surface area contributed by atoms with E-state index in [1.807, 2.05) is 19.1 Å². The number of carbonyl (C=O) groups is 1. The number of pyridine rings is 1. The molecule has 0 aliphatic carbocycles. The average Bonchev–Trinajstić information content (AvgIpc) is 2.27. The number of carboxylic acids is 1. The lowest BCUT2D eigenvalue weighted by atomic mass is 10.0. The third-order valence-electron chi connectivity index (χ3n) is 2.36. The van der Waals surface area contributed by atoms with Crippen molar-refractivity contribution < 1.29 is 9.90 Å². The summed E-state index contributed by atoms with van der Waals surface area (Å²) >= 11 is 5.96. The first-order valence-electron chi connectivity index (χ1n) is 5.04. The van der Waals surface area contributed by atoms with E-state index in [1.165, 1.54) is 6.20 Å². The van der Waals surface area contributed by atoms with E-state index < -0.39 is 5.97 Å². The fraction of sp³-hybridized carbons (Fsp3) is 0.0769. The number of carboxylic acid groups (broad SMARTS) is 1. The van der Waals surface area contributed by atoms with E-state index >= 15 is 0 Å². The largest absolute Gasteiger partial charge is 0.476 e. The molecule has 1 heterocycles. The highest BCUT2D eigenvalue weighted by atomic mass is 35.5. The summed E-state index contributed by atoms with van der Waals surface area (Å²) in [6.07, 6.45) is 1.46. The lowest BCUT2D eigenvalue weighted by Crippen LogP contribution is -2.02. The van der Waals surface area contributed by atoms with Crippen molar-refractivity contribution in [2.24, 2.45) is 0 Å².